The lowest BCUT2D eigenvalue weighted by Crippen LogP contribution is -2.06. The van der Waals surface area contributed by atoms with E-state index in [9.17, 15) is 4.39 Å². The number of aromatic nitrogens is 1. The van der Waals surface area contributed by atoms with Crippen molar-refractivity contribution < 1.29 is 4.39 Å². The quantitative estimate of drug-likeness (QED) is 0.585. The minimum Gasteiger partial charge on any atom is -0.361 e. The van der Waals surface area contributed by atoms with Gasteiger partial charge in [0.15, 0.2) is 0 Å². The standard InChI is InChI=1S/C6H9FN2/c1-4(8)6-5(7)2-3-9-6/h2-4,9H,8H2,1H3/t4-/m0/s1. The molecule has 0 radical (unpaired) electrons. The van der Waals surface area contributed by atoms with Crippen LogP contribution in [0.2, 0.25) is 0 Å². The molecule has 0 aliphatic carbocycles. The molecule has 1 rings (SSSR count). The fraction of sp³-hybridized carbons (Fsp3) is 0.333. The molecule has 1 heterocycles. The molecule has 50 valence electrons. The highest BCUT2D eigenvalue weighted by Crippen LogP contribution is 2.10. The highest BCUT2D eigenvalue weighted by Gasteiger charge is 2.05. The smallest absolute Gasteiger partial charge is 0.145 e. The molecule has 0 fully saturated rings. The Morgan fingerprint density at radius 1 is 1.78 bits per heavy atom. The van der Waals surface area contributed by atoms with Crippen LogP contribution < -0.4 is 5.73 Å². The molecule has 0 saturated heterocycles. The molecule has 0 spiro atoms. The first-order valence-corrected chi connectivity index (χ1v) is 2.80. The Balaban J connectivity index is 2.94. The molecule has 1 aromatic heterocycles. The van der Waals surface area contributed by atoms with Crippen molar-refractivity contribution in [3.05, 3.63) is 23.8 Å². The van der Waals surface area contributed by atoms with Crippen molar-refractivity contribution in [3.63, 3.8) is 0 Å². The zero-order valence-corrected chi connectivity index (χ0v) is 5.19. The lowest BCUT2D eigenvalue weighted by atomic mass is 10.2. The first kappa shape index (κ1) is 6.29. The van der Waals surface area contributed by atoms with Crippen molar-refractivity contribution in [1.29, 1.82) is 0 Å². The molecule has 0 amide bonds. The van der Waals surface area contributed by atoms with Crippen LogP contribution in [-0.2, 0) is 0 Å². The van der Waals surface area contributed by atoms with Gasteiger partial charge in [0, 0.05) is 12.2 Å². The molecule has 0 aromatic carbocycles. The summed E-state index contributed by atoms with van der Waals surface area (Å²) in [7, 11) is 0. The average Bonchev–Trinajstić information content (AvgIpc) is 2.13. The van der Waals surface area contributed by atoms with Crippen LogP contribution in [0.25, 0.3) is 0 Å². The molecule has 9 heavy (non-hydrogen) atoms. The Kier molecular flexibility index (Phi) is 1.53. The van der Waals surface area contributed by atoms with Gasteiger partial charge in [-0.15, -0.1) is 0 Å². The maximum Gasteiger partial charge on any atom is 0.145 e. The molecule has 3 N–H and O–H groups in total. The molecule has 2 nitrogen and oxygen atoms in total. The number of hydrogen-bond acceptors (Lipinski definition) is 1. The molecule has 0 saturated carbocycles. The highest BCUT2D eigenvalue weighted by atomic mass is 19.1. The van der Waals surface area contributed by atoms with E-state index in [-0.39, 0.29) is 11.9 Å². The van der Waals surface area contributed by atoms with Crippen LogP contribution in [0.5, 0.6) is 0 Å². The van der Waals surface area contributed by atoms with Gasteiger partial charge in [0.25, 0.3) is 0 Å². The van der Waals surface area contributed by atoms with E-state index in [1.807, 2.05) is 0 Å². The molecular formula is C6H9FN2. The maximum atomic E-state index is 12.5. The van der Waals surface area contributed by atoms with Gasteiger partial charge in [-0.1, -0.05) is 0 Å². The van der Waals surface area contributed by atoms with Gasteiger partial charge in [-0.3, -0.25) is 0 Å². The zero-order chi connectivity index (χ0) is 6.85. The molecule has 1 aromatic rings. The molecule has 3 heteroatoms. The fourth-order valence-electron chi connectivity index (χ4n) is 0.712. The monoisotopic (exact) mass is 128 g/mol. The van der Waals surface area contributed by atoms with Crippen LogP contribution in [0.4, 0.5) is 4.39 Å². The van der Waals surface area contributed by atoms with Crippen molar-refractivity contribution >= 4 is 0 Å². The second-order valence-electron chi connectivity index (χ2n) is 2.03. The summed E-state index contributed by atoms with van der Waals surface area (Å²) in [6.45, 7) is 1.73. The number of aromatic amines is 1. The second-order valence-corrected chi connectivity index (χ2v) is 2.03. The number of halogens is 1. The molecule has 0 aliphatic heterocycles. The van der Waals surface area contributed by atoms with Crippen molar-refractivity contribution in [1.82, 2.24) is 4.98 Å². The molecule has 0 unspecified atom stereocenters. The van der Waals surface area contributed by atoms with E-state index in [2.05, 4.69) is 4.98 Å². The lowest BCUT2D eigenvalue weighted by Gasteiger charge is -1.99. The zero-order valence-electron chi connectivity index (χ0n) is 5.19. The number of nitrogens with two attached hydrogens (primary N) is 1. The predicted octanol–water partition coefficient (Wildman–Crippen LogP) is 1.17. The summed E-state index contributed by atoms with van der Waals surface area (Å²) in [6, 6.07) is 1.11. The first-order valence-electron chi connectivity index (χ1n) is 2.80. The van der Waals surface area contributed by atoms with E-state index in [0.717, 1.165) is 0 Å². The third-order valence-corrected chi connectivity index (χ3v) is 1.18. The summed E-state index contributed by atoms with van der Waals surface area (Å²) in [5, 5.41) is 0. The molecule has 0 bridgehead atoms. The third kappa shape index (κ3) is 1.10. The number of H-pyrrole nitrogens is 1. The summed E-state index contributed by atoms with van der Waals surface area (Å²) in [4.78, 5) is 2.70. The summed E-state index contributed by atoms with van der Waals surface area (Å²) in [5.41, 5.74) is 5.86. The summed E-state index contributed by atoms with van der Waals surface area (Å²) in [5.74, 6) is -0.259. The van der Waals surface area contributed by atoms with Gasteiger partial charge in [-0.25, -0.2) is 4.39 Å². The van der Waals surface area contributed by atoms with Crippen LogP contribution in [-0.4, -0.2) is 4.98 Å². The second kappa shape index (κ2) is 2.19. The summed E-state index contributed by atoms with van der Waals surface area (Å²) in [6.07, 6.45) is 1.54. The summed E-state index contributed by atoms with van der Waals surface area (Å²) < 4.78 is 12.5. The van der Waals surface area contributed by atoms with Crippen molar-refractivity contribution in [2.24, 2.45) is 5.73 Å². The van der Waals surface area contributed by atoms with Crippen molar-refractivity contribution in [3.8, 4) is 0 Å². The molecule has 0 aliphatic rings. The van der Waals surface area contributed by atoms with Crippen LogP contribution in [0.15, 0.2) is 12.3 Å². The van der Waals surface area contributed by atoms with Crippen LogP contribution in [0, 0.1) is 5.82 Å². The number of nitrogens with one attached hydrogen (secondary N) is 1. The molecular weight excluding hydrogens is 119 g/mol. The predicted molar refractivity (Wildman–Crippen MR) is 33.4 cm³/mol. The Morgan fingerprint density at radius 3 is 2.67 bits per heavy atom. The minimum absolute atomic E-state index is 0.250. The normalized spacial score (nSPS) is 13.7. The topological polar surface area (TPSA) is 41.8 Å². The van der Waals surface area contributed by atoms with E-state index in [4.69, 9.17) is 5.73 Å². The van der Waals surface area contributed by atoms with Crippen LogP contribution >= 0.6 is 0 Å². The number of rotatable bonds is 1. The van der Waals surface area contributed by atoms with Gasteiger partial charge in [0.05, 0.1) is 5.69 Å². The van der Waals surface area contributed by atoms with E-state index < -0.39 is 0 Å². The highest BCUT2D eigenvalue weighted by molar-refractivity contribution is 5.10. The van der Waals surface area contributed by atoms with Gasteiger partial charge in [-0.05, 0) is 13.0 Å². The first-order chi connectivity index (χ1) is 4.22. The third-order valence-electron chi connectivity index (χ3n) is 1.18. The number of hydrogen-bond donors (Lipinski definition) is 2. The Hall–Kier alpha value is -0.830. The summed E-state index contributed by atoms with van der Waals surface area (Å²) >= 11 is 0. The van der Waals surface area contributed by atoms with Gasteiger partial charge in [0.1, 0.15) is 5.82 Å². The van der Waals surface area contributed by atoms with E-state index in [0.29, 0.717) is 5.69 Å². The van der Waals surface area contributed by atoms with Crippen LogP contribution in [0.1, 0.15) is 18.7 Å². The average molecular weight is 128 g/mol. The fourth-order valence-corrected chi connectivity index (χ4v) is 0.712. The van der Waals surface area contributed by atoms with Crippen molar-refractivity contribution in [2.45, 2.75) is 13.0 Å². The largest absolute Gasteiger partial charge is 0.361 e. The van der Waals surface area contributed by atoms with Gasteiger partial charge < -0.3 is 10.7 Å². The SMILES string of the molecule is C[C@H](N)c1[nH]ccc1F. The van der Waals surface area contributed by atoms with Gasteiger partial charge in [0.2, 0.25) is 0 Å². The van der Waals surface area contributed by atoms with Gasteiger partial charge in [-0.2, -0.15) is 0 Å². The van der Waals surface area contributed by atoms with Gasteiger partial charge >= 0.3 is 0 Å². The maximum absolute atomic E-state index is 12.5. The van der Waals surface area contributed by atoms with Crippen LogP contribution in [0.3, 0.4) is 0 Å². The van der Waals surface area contributed by atoms with E-state index in [1.165, 1.54) is 12.3 Å². The Morgan fingerprint density at radius 2 is 2.44 bits per heavy atom. The molecule has 1 atom stereocenters. The Labute approximate surface area is 52.9 Å². The van der Waals surface area contributed by atoms with E-state index >= 15 is 0 Å². The minimum atomic E-state index is -0.259. The van der Waals surface area contributed by atoms with Crippen molar-refractivity contribution in [2.75, 3.05) is 0 Å². The Bertz CT molecular complexity index is 193. The lowest BCUT2D eigenvalue weighted by molar-refractivity contribution is 0.591. The van der Waals surface area contributed by atoms with E-state index in [1.54, 1.807) is 6.92 Å².